The van der Waals surface area contributed by atoms with Gasteiger partial charge < -0.3 is 11.1 Å². The van der Waals surface area contributed by atoms with Crippen molar-refractivity contribution in [1.29, 1.82) is 0 Å². The fraction of sp³-hybridized carbons (Fsp3) is 0.417. The molecule has 1 aromatic rings. The van der Waals surface area contributed by atoms with Gasteiger partial charge in [-0.2, -0.15) is 0 Å². The summed E-state index contributed by atoms with van der Waals surface area (Å²) in [5.74, 6) is 0.193. The molecule has 1 atom stereocenters. The molecule has 94 valence electrons. The van der Waals surface area contributed by atoms with Gasteiger partial charge in [0.15, 0.2) is 0 Å². The first-order valence-electron chi connectivity index (χ1n) is 5.52. The van der Waals surface area contributed by atoms with Crippen molar-refractivity contribution in [2.75, 3.05) is 11.9 Å². The van der Waals surface area contributed by atoms with Gasteiger partial charge in [-0.25, -0.2) is 0 Å². The summed E-state index contributed by atoms with van der Waals surface area (Å²) in [4.78, 5) is 11.8. The van der Waals surface area contributed by atoms with Gasteiger partial charge in [0, 0.05) is 6.42 Å². The highest BCUT2D eigenvalue weighted by molar-refractivity contribution is 9.10. The molecule has 0 saturated carbocycles. The average molecular weight is 320 g/mol. The molecule has 0 aliphatic rings. The van der Waals surface area contributed by atoms with E-state index < -0.39 is 0 Å². The van der Waals surface area contributed by atoms with Crippen molar-refractivity contribution in [2.24, 2.45) is 11.7 Å². The van der Waals surface area contributed by atoms with E-state index in [9.17, 15) is 4.79 Å². The number of anilines is 1. The molecule has 0 aliphatic heterocycles. The fourth-order valence-electron chi connectivity index (χ4n) is 1.46. The van der Waals surface area contributed by atoms with E-state index in [0.717, 1.165) is 6.42 Å². The van der Waals surface area contributed by atoms with Crippen molar-refractivity contribution < 1.29 is 4.79 Å². The molecule has 17 heavy (non-hydrogen) atoms. The molecule has 0 bridgehead atoms. The van der Waals surface area contributed by atoms with Crippen LogP contribution >= 0.6 is 27.5 Å². The average Bonchev–Trinajstić information content (AvgIpc) is 2.32. The van der Waals surface area contributed by atoms with Crippen LogP contribution < -0.4 is 11.1 Å². The first-order chi connectivity index (χ1) is 8.08. The number of hydrogen-bond acceptors (Lipinski definition) is 2. The lowest BCUT2D eigenvalue weighted by Crippen LogP contribution is -2.21. The summed E-state index contributed by atoms with van der Waals surface area (Å²) >= 11 is 9.28. The molecular weight excluding hydrogens is 304 g/mol. The van der Waals surface area contributed by atoms with Crippen LogP contribution in [0.25, 0.3) is 0 Å². The molecule has 0 heterocycles. The standard InChI is InChI=1S/C12H16BrClN2O/c1-2-8(7-15)6-11(17)16-10-5-3-4-9(14)12(10)13/h3-5,8H,2,6-7,15H2,1H3,(H,16,17). The number of rotatable bonds is 5. The highest BCUT2D eigenvalue weighted by Crippen LogP contribution is 2.30. The number of hydrogen-bond donors (Lipinski definition) is 2. The van der Waals surface area contributed by atoms with Crippen molar-refractivity contribution in [1.82, 2.24) is 0 Å². The fourth-order valence-corrected chi connectivity index (χ4v) is 2.00. The van der Waals surface area contributed by atoms with Gasteiger partial charge in [0.2, 0.25) is 5.91 Å². The van der Waals surface area contributed by atoms with E-state index in [1.807, 2.05) is 6.92 Å². The number of nitrogens with two attached hydrogens (primary N) is 1. The van der Waals surface area contributed by atoms with E-state index in [1.54, 1.807) is 18.2 Å². The molecule has 0 radical (unpaired) electrons. The summed E-state index contributed by atoms with van der Waals surface area (Å²) in [7, 11) is 0. The van der Waals surface area contributed by atoms with Crippen LogP contribution in [0.1, 0.15) is 19.8 Å². The lowest BCUT2D eigenvalue weighted by atomic mass is 10.0. The van der Waals surface area contributed by atoms with Crippen molar-refractivity contribution >= 4 is 39.1 Å². The van der Waals surface area contributed by atoms with Crippen LogP contribution in [-0.4, -0.2) is 12.5 Å². The second-order valence-electron chi connectivity index (χ2n) is 3.86. The predicted molar refractivity (Wildman–Crippen MR) is 75.2 cm³/mol. The maximum atomic E-state index is 11.8. The van der Waals surface area contributed by atoms with Crippen molar-refractivity contribution in [3.63, 3.8) is 0 Å². The number of carbonyl (C=O) groups excluding carboxylic acids is 1. The summed E-state index contributed by atoms with van der Waals surface area (Å²) in [5.41, 5.74) is 6.26. The van der Waals surface area contributed by atoms with Crippen LogP contribution in [0.5, 0.6) is 0 Å². The normalized spacial score (nSPS) is 12.2. The van der Waals surface area contributed by atoms with Crippen molar-refractivity contribution in [3.05, 3.63) is 27.7 Å². The maximum absolute atomic E-state index is 11.8. The van der Waals surface area contributed by atoms with E-state index in [1.165, 1.54) is 0 Å². The molecular formula is C12H16BrClN2O. The van der Waals surface area contributed by atoms with Crippen LogP contribution in [0.2, 0.25) is 5.02 Å². The lowest BCUT2D eigenvalue weighted by molar-refractivity contribution is -0.117. The second-order valence-corrected chi connectivity index (χ2v) is 5.06. The first-order valence-corrected chi connectivity index (χ1v) is 6.69. The first kappa shape index (κ1) is 14.5. The molecule has 0 aromatic heterocycles. The molecule has 3 nitrogen and oxygen atoms in total. The van der Waals surface area contributed by atoms with Gasteiger partial charge in [-0.05, 0) is 40.5 Å². The molecule has 1 amide bonds. The minimum Gasteiger partial charge on any atom is -0.330 e. The Bertz CT molecular complexity index is 394. The second kappa shape index (κ2) is 6.99. The maximum Gasteiger partial charge on any atom is 0.224 e. The van der Waals surface area contributed by atoms with Crippen LogP contribution in [0.15, 0.2) is 22.7 Å². The number of nitrogens with one attached hydrogen (secondary N) is 1. The third-order valence-corrected chi connectivity index (χ3v) is 4.01. The number of halogens is 2. The molecule has 0 spiro atoms. The van der Waals surface area contributed by atoms with Crippen LogP contribution in [0.3, 0.4) is 0 Å². The van der Waals surface area contributed by atoms with Gasteiger partial charge in [0.05, 0.1) is 15.2 Å². The summed E-state index contributed by atoms with van der Waals surface area (Å²) in [6.45, 7) is 2.56. The molecule has 0 fully saturated rings. The summed E-state index contributed by atoms with van der Waals surface area (Å²) < 4.78 is 0.704. The van der Waals surface area contributed by atoms with Crippen LogP contribution in [0.4, 0.5) is 5.69 Å². The Hall–Kier alpha value is -0.580. The summed E-state index contributed by atoms with van der Waals surface area (Å²) in [6, 6.07) is 5.36. The van der Waals surface area contributed by atoms with Crippen LogP contribution in [-0.2, 0) is 4.79 Å². The largest absolute Gasteiger partial charge is 0.330 e. The van der Waals surface area contributed by atoms with E-state index >= 15 is 0 Å². The van der Waals surface area contributed by atoms with E-state index in [2.05, 4.69) is 21.2 Å². The predicted octanol–water partition coefficient (Wildman–Crippen LogP) is 3.42. The van der Waals surface area contributed by atoms with Crippen LogP contribution in [0, 0.1) is 5.92 Å². The minimum atomic E-state index is -0.0368. The SMILES string of the molecule is CCC(CN)CC(=O)Nc1cccc(Cl)c1Br. The zero-order chi connectivity index (χ0) is 12.8. The zero-order valence-electron chi connectivity index (χ0n) is 9.67. The van der Waals surface area contributed by atoms with Gasteiger partial charge in [-0.1, -0.05) is 31.0 Å². The van der Waals surface area contributed by atoms with E-state index in [-0.39, 0.29) is 11.8 Å². The zero-order valence-corrected chi connectivity index (χ0v) is 12.0. The molecule has 0 saturated heterocycles. The Morgan fingerprint density at radius 1 is 1.59 bits per heavy atom. The summed E-state index contributed by atoms with van der Waals surface area (Å²) in [5, 5.41) is 3.40. The Morgan fingerprint density at radius 3 is 2.88 bits per heavy atom. The quantitative estimate of drug-likeness (QED) is 0.873. The van der Waals surface area contributed by atoms with Gasteiger partial charge >= 0.3 is 0 Å². The molecule has 1 aromatic carbocycles. The molecule has 1 rings (SSSR count). The molecule has 3 N–H and O–H groups in total. The van der Waals surface area contributed by atoms with Crippen molar-refractivity contribution in [2.45, 2.75) is 19.8 Å². The lowest BCUT2D eigenvalue weighted by Gasteiger charge is -2.13. The van der Waals surface area contributed by atoms with E-state index in [0.29, 0.717) is 28.1 Å². The van der Waals surface area contributed by atoms with Crippen molar-refractivity contribution in [3.8, 4) is 0 Å². The molecule has 5 heteroatoms. The third-order valence-electron chi connectivity index (χ3n) is 2.61. The van der Waals surface area contributed by atoms with Gasteiger partial charge in [-0.15, -0.1) is 0 Å². The Labute approximate surface area is 115 Å². The third kappa shape index (κ3) is 4.30. The smallest absolute Gasteiger partial charge is 0.224 e. The number of carbonyl (C=O) groups is 1. The topological polar surface area (TPSA) is 55.1 Å². The van der Waals surface area contributed by atoms with E-state index in [4.69, 9.17) is 17.3 Å². The number of amides is 1. The Kier molecular flexibility index (Phi) is 5.95. The molecule has 1 unspecified atom stereocenters. The van der Waals surface area contributed by atoms with Gasteiger partial charge in [0.1, 0.15) is 0 Å². The highest BCUT2D eigenvalue weighted by Gasteiger charge is 2.12. The minimum absolute atomic E-state index is 0.0368. The monoisotopic (exact) mass is 318 g/mol. The highest BCUT2D eigenvalue weighted by atomic mass is 79.9. The summed E-state index contributed by atoms with van der Waals surface area (Å²) in [6.07, 6.45) is 1.34. The Balaban J connectivity index is 2.65. The van der Waals surface area contributed by atoms with Gasteiger partial charge in [-0.3, -0.25) is 4.79 Å². The molecule has 0 aliphatic carbocycles. The van der Waals surface area contributed by atoms with Gasteiger partial charge in [0.25, 0.3) is 0 Å². The Morgan fingerprint density at radius 2 is 2.29 bits per heavy atom. The number of benzene rings is 1.